The Hall–Kier alpha value is -3.48. The van der Waals surface area contributed by atoms with Gasteiger partial charge >= 0.3 is 0 Å². The number of non-ortho nitro benzene ring substituents is 1. The van der Waals surface area contributed by atoms with Crippen molar-refractivity contribution in [3.8, 4) is 5.69 Å². The molecule has 0 unspecified atom stereocenters. The van der Waals surface area contributed by atoms with E-state index in [0.29, 0.717) is 11.3 Å². The third kappa shape index (κ3) is 3.25. The van der Waals surface area contributed by atoms with Gasteiger partial charge in [0, 0.05) is 36.8 Å². The van der Waals surface area contributed by atoms with E-state index >= 15 is 0 Å². The van der Waals surface area contributed by atoms with Gasteiger partial charge in [0.1, 0.15) is 0 Å². The molecule has 2 aromatic heterocycles. The molecule has 0 aliphatic rings. The number of benzene rings is 1. The van der Waals surface area contributed by atoms with Crippen LogP contribution in [0.2, 0.25) is 0 Å². The van der Waals surface area contributed by atoms with Crippen molar-refractivity contribution in [2.24, 2.45) is 7.05 Å². The Bertz CT molecular complexity index is 982. The Morgan fingerprint density at radius 3 is 2.76 bits per heavy atom. The Morgan fingerprint density at radius 1 is 1.28 bits per heavy atom. The lowest BCUT2D eigenvalue weighted by atomic mass is 10.1. The van der Waals surface area contributed by atoms with Gasteiger partial charge in [-0.05, 0) is 37.3 Å². The second-order valence-electron chi connectivity index (χ2n) is 5.54. The van der Waals surface area contributed by atoms with Crippen molar-refractivity contribution in [3.63, 3.8) is 0 Å². The van der Waals surface area contributed by atoms with Crippen molar-refractivity contribution in [2.75, 3.05) is 0 Å². The van der Waals surface area contributed by atoms with Crippen LogP contribution in [0, 0.1) is 17.0 Å². The maximum absolute atomic E-state index is 12.3. The number of nitrogens with zero attached hydrogens (tertiary/aromatic N) is 4. The summed E-state index contributed by atoms with van der Waals surface area (Å²) in [6.07, 6.45) is 6.50. The predicted octanol–water partition coefficient (Wildman–Crippen LogP) is 3.32. The summed E-state index contributed by atoms with van der Waals surface area (Å²) in [5, 5.41) is 15.0. The van der Waals surface area contributed by atoms with Gasteiger partial charge in [-0.15, -0.1) is 0 Å². The Balaban J connectivity index is 1.89. The highest BCUT2D eigenvalue weighted by molar-refractivity contribution is 6.07. The van der Waals surface area contributed by atoms with Crippen molar-refractivity contribution in [3.05, 3.63) is 81.9 Å². The van der Waals surface area contributed by atoms with Gasteiger partial charge in [0.2, 0.25) is 0 Å². The fourth-order valence-electron chi connectivity index (χ4n) is 2.51. The monoisotopic (exact) mass is 336 g/mol. The van der Waals surface area contributed by atoms with E-state index in [1.54, 1.807) is 46.9 Å². The summed E-state index contributed by atoms with van der Waals surface area (Å²) in [4.78, 5) is 22.8. The minimum Gasteiger partial charge on any atom is -0.317 e. The van der Waals surface area contributed by atoms with Crippen LogP contribution in [-0.4, -0.2) is 25.1 Å². The second-order valence-corrected chi connectivity index (χ2v) is 5.54. The minimum absolute atomic E-state index is 0.0168. The normalized spacial score (nSPS) is 11.1. The molecule has 0 aliphatic carbocycles. The number of nitro groups is 1. The number of hydrogen-bond acceptors (Lipinski definition) is 4. The number of aromatic nitrogens is 3. The number of nitro benzene ring substituents is 1. The van der Waals surface area contributed by atoms with Gasteiger partial charge in [0.05, 0.1) is 22.4 Å². The molecule has 0 atom stereocenters. The van der Waals surface area contributed by atoms with Crippen molar-refractivity contribution in [1.29, 1.82) is 0 Å². The molecule has 3 aromatic rings. The summed E-state index contributed by atoms with van der Waals surface area (Å²) < 4.78 is 3.43. The summed E-state index contributed by atoms with van der Waals surface area (Å²) in [5.74, 6) is -0.141. The summed E-state index contributed by atoms with van der Waals surface area (Å²) >= 11 is 0. The highest BCUT2D eigenvalue weighted by Crippen LogP contribution is 2.20. The molecule has 0 fully saturated rings. The molecule has 7 heteroatoms. The van der Waals surface area contributed by atoms with Gasteiger partial charge < -0.3 is 4.57 Å². The topological polar surface area (TPSA) is 83.0 Å². The van der Waals surface area contributed by atoms with Gasteiger partial charge in [0.25, 0.3) is 5.69 Å². The van der Waals surface area contributed by atoms with Crippen LogP contribution in [0.4, 0.5) is 5.69 Å². The number of carbonyl (C=O) groups excluding carboxylic acids is 1. The third-order valence-corrected chi connectivity index (χ3v) is 4.01. The summed E-state index contributed by atoms with van der Waals surface area (Å²) in [5.41, 5.74) is 2.76. The summed E-state index contributed by atoms with van der Waals surface area (Å²) in [7, 11) is 1.78. The second kappa shape index (κ2) is 6.56. The molecule has 0 radical (unpaired) electrons. The number of rotatable bonds is 5. The van der Waals surface area contributed by atoms with E-state index in [1.807, 2.05) is 19.1 Å². The van der Waals surface area contributed by atoms with E-state index in [2.05, 4.69) is 5.10 Å². The summed E-state index contributed by atoms with van der Waals surface area (Å²) in [6, 6.07) is 9.99. The van der Waals surface area contributed by atoms with Crippen molar-refractivity contribution >= 4 is 17.5 Å². The van der Waals surface area contributed by atoms with Crippen LogP contribution in [0.3, 0.4) is 0 Å². The Labute approximate surface area is 144 Å². The number of aryl methyl sites for hydroxylation is 1. The lowest BCUT2D eigenvalue weighted by Crippen LogP contribution is -1.99. The Morgan fingerprint density at radius 2 is 2.08 bits per heavy atom. The van der Waals surface area contributed by atoms with E-state index in [0.717, 1.165) is 11.4 Å². The minimum atomic E-state index is -0.433. The molecule has 2 heterocycles. The van der Waals surface area contributed by atoms with E-state index < -0.39 is 4.92 Å². The highest BCUT2D eigenvalue weighted by atomic mass is 16.6. The molecular formula is C18H16N4O3. The smallest absolute Gasteiger partial charge is 0.271 e. The average Bonchev–Trinajstić information content (AvgIpc) is 3.20. The molecule has 0 bridgehead atoms. The van der Waals surface area contributed by atoms with E-state index in [9.17, 15) is 14.9 Å². The fourth-order valence-corrected chi connectivity index (χ4v) is 2.51. The van der Waals surface area contributed by atoms with Gasteiger partial charge in [-0.3, -0.25) is 19.6 Å². The standard InChI is InChI=1S/C18H16N4O3/c1-13-17(12-19-20(13)2)18(23)9-8-14-7-4-10-21(14)15-5-3-6-16(11-15)22(24)25/h3-12H,1-2H3/b9-8+. The first kappa shape index (κ1) is 16.4. The average molecular weight is 336 g/mol. The Kier molecular flexibility index (Phi) is 4.30. The zero-order valence-electron chi connectivity index (χ0n) is 13.8. The van der Waals surface area contributed by atoms with E-state index in [1.165, 1.54) is 18.2 Å². The lowest BCUT2D eigenvalue weighted by Gasteiger charge is -2.06. The largest absolute Gasteiger partial charge is 0.317 e. The fraction of sp³-hybridized carbons (Fsp3) is 0.111. The zero-order valence-corrected chi connectivity index (χ0v) is 13.8. The molecule has 7 nitrogen and oxygen atoms in total. The summed E-state index contributed by atoms with van der Waals surface area (Å²) in [6.45, 7) is 1.83. The first-order chi connectivity index (χ1) is 12.0. The van der Waals surface area contributed by atoms with Gasteiger partial charge in [-0.2, -0.15) is 5.10 Å². The van der Waals surface area contributed by atoms with E-state index in [4.69, 9.17) is 0 Å². The van der Waals surface area contributed by atoms with Crippen LogP contribution in [0.1, 0.15) is 21.7 Å². The van der Waals surface area contributed by atoms with Crippen LogP contribution >= 0.6 is 0 Å². The molecule has 0 N–H and O–H groups in total. The molecule has 0 spiro atoms. The third-order valence-electron chi connectivity index (χ3n) is 4.01. The SMILES string of the molecule is Cc1c(C(=O)/C=C/c2cccn2-c2cccc([N+](=O)[O-])c2)cnn1C. The van der Waals surface area contributed by atoms with Crippen molar-refractivity contribution in [2.45, 2.75) is 6.92 Å². The maximum Gasteiger partial charge on any atom is 0.271 e. The molecule has 126 valence electrons. The first-order valence-electron chi connectivity index (χ1n) is 7.60. The number of ketones is 1. The van der Waals surface area contributed by atoms with Crippen LogP contribution < -0.4 is 0 Å². The van der Waals surface area contributed by atoms with Crippen molar-refractivity contribution < 1.29 is 9.72 Å². The first-order valence-corrected chi connectivity index (χ1v) is 7.60. The highest BCUT2D eigenvalue weighted by Gasteiger charge is 2.11. The predicted molar refractivity (Wildman–Crippen MR) is 93.7 cm³/mol. The number of hydrogen-bond donors (Lipinski definition) is 0. The van der Waals surface area contributed by atoms with Crippen LogP contribution in [0.25, 0.3) is 11.8 Å². The molecule has 1 aromatic carbocycles. The molecule has 25 heavy (non-hydrogen) atoms. The molecular weight excluding hydrogens is 320 g/mol. The maximum atomic E-state index is 12.3. The number of carbonyl (C=O) groups is 1. The van der Waals surface area contributed by atoms with Gasteiger partial charge in [-0.1, -0.05) is 6.07 Å². The zero-order chi connectivity index (χ0) is 18.0. The van der Waals surface area contributed by atoms with Gasteiger partial charge in [0.15, 0.2) is 5.78 Å². The van der Waals surface area contributed by atoms with Crippen LogP contribution in [-0.2, 0) is 7.05 Å². The molecule has 3 rings (SSSR count). The molecule has 0 saturated heterocycles. The quantitative estimate of drug-likeness (QED) is 0.310. The van der Waals surface area contributed by atoms with Crippen LogP contribution in [0.5, 0.6) is 0 Å². The molecule has 0 saturated carbocycles. The molecule has 0 amide bonds. The van der Waals surface area contributed by atoms with Crippen molar-refractivity contribution in [1.82, 2.24) is 14.3 Å². The number of allylic oxidation sites excluding steroid dienone is 1. The van der Waals surface area contributed by atoms with Crippen LogP contribution in [0.15, 0.2) is 54.9 Å². The van der Waals surface area contributed by atoms with E-state index in [-0.39, 0.29) is 11.5 Å². The molecule has 0 aliphatic heterocycles. The van der Waals surface area contributed by atoms with Gasteiger partial charge in [-0.25, -0.2) is 0 Å². The lowest BCUT2D eigenvalue weighted by molar-refractivity contribution is -0.384.